The van der Waals surface area contributed by atoms with E-state index in [0.29, 0.717) is 16.9 Å². The van der Waals surface area contributed by atoms with Crippen LogP contribution in [0.15, 0.2) is 66.8 Å². The summed E-state index contributed by atoms with van der Waals surface area (Å²) in [4.78, 5) is 11.5. The maximum Gasteiger partial charge on any atom is 0.338 e. The Balaban J connectivity index is 2.16. The van der Waals surface area contributed by atoms with Crippen molar-refractivity contribution in [2.45, 2.75) is 20.1 Å². The van der Waals surface area contributed by atoms with Gasteiger partial charge in [-0.25, -0.2) is 9.18 Å². The molecular formula is C20H19FO4. The van der Waals surface area contributed by atoms with Gasteiger partial charge in [-0.15, -0.1) is 0 Å². The van der Waals surface area contributed by atoms with Gasteiger partial charge in [-0.3, -0.25) is 0 Å². The maximum absolute atomic E-state index is 14.1. The minimum Gasteiger partial charge on any atom is -0.461 e. The molecule has 0 aliphatic carbocycles. The molecule has 1 N–H and O–H groups in total. The van der Waals surface area contributed by atoms with Crippen LogP contribution in [-0.2, 0) is 4.79 Å². The number of aliphatic hydroxyl groups excluding tert-OH is 1. The predicted molar refractivity (Wildman–Crippen MR) is 93.7 cm³/mol. The Morgan fingerprint density at radius 2 is 1.68 bits per heavy atom. The van der Waals surface area contributed by atoms with Crippen LogP contribution in [0.3, 0.4) is 0 Å². The largest absolute Gasteiger partial charge is 0.461 e. The first-order valence-electron chi connectivity index (χ1n) is 7.55. The monoisotopic (exact) mass is 342 g/mol. The Hall–Kier alpha value is -2.92. The van der Waals surface area contributed by atoms with E-state index in [1.165, 1.54) is 19.1 Å². The summed E-state index contributed by atoms with van der Waals surface area (Å²) in [5.41, 5.74) is 2.04. The van der Waals surface area contributed by atoms with Gasteiger partial charge in [0.1, 0.15) is 5.75 Å². The zero-order valence-electron chi connectivity index (χ0n) is 14.1. The fourth-order valence-electron chi connectivity index (χ4n) is 1.91. The van der Waals surface area contributed by atoms with E-state index in [2.05, 4.69) is 13.2 Å². The molecule has 0 fully saturated rings. The minimum atomic E-state index is -1.08. The molecule has 0 aliphatic rings. The van der Waals surface area contributed by atoms with Crippen molar-refractivity contribution in [3.8, 4) is 22.6 Å². The number of aliphatic hydroxyl groups is 1. The first kappa shape index (κ1) is 18.4. The normalized spacial score (nSPS) is 11.5. The van der Waals surface area contributed by atoms with Crippen LogP contribution in [0.5, 0.6) is 11.5 Å². The molecule has 2 rings (SSSR count). The molecule has 130 valence electrons. The topological polar surface area (TPSA) is 55.8 Å². The van der Waals surface area contributed by atoms with E-state index < -0.39 is 18.1 Å². The highest BCUT2D eigenvalue weighted by atomic mass is 19.1. The summed E-state index contributed by atoms with van der Waals surface area (Å²) in [6, 6.07) is 11.1. The molecule has 0 saturated carbocycles. The molecule has 2 aromatic carbocycles. The number of esters is 1. The van der Waals surface area contributed by atoms with Crippen molar-refractivity contribution in [1.29, 1.82) is 0 Å². The smallest absolute Gasteiger partial charge is 0.338 e. The predicted octanol–water partition coefficient (Wildman–Crippen LogP) is 4.25. The van der Waals surface area contributed by atoms with Crippen LogP contribution in [0.2, 0.25) is 0 Å². The van der Waals surface area contributed by atoms with Gasteiger partial charge in [0.2, 0.25) is 6.29 Å². The second kappa shape index (κ2) is 7.77. The summed E-state index contributed by atoms with van der Waals surface area (Å²) in [5, 5.41) is 9.63. The number of hydrogen-bond donors (Lipinski definition) is 1. The summed E-state index contributed by atoms with van der Waals surface area (Å²) in [5.74, 6) is -1.01. The van der Waals surface area contributed by atoms with Crippen molar-refractivity contribution < 1.29 is 23.8 Å². The SMILES string of the molecule is C=C(C)C(=O)Oc1ccc(-c2ccc(OC(O)C(=C)C)cc2)cc1F. The highest BCUT2D eigenvalue weighted by Gasteiger charge is 2.12. The van der Waals surface area contributed by atoms with E-state index >= 15 is 0 Å². The Morgan fingerprint density at radius 3 is 2.20 bits per heavy atom. The molecule has 0 amide bonds. The molecule has 0 saturated heterocycles. The molecule has 1 unspecified atom stereocenters. The number of rotatable bonds is 6. The number of carbonyl (C=O) groups excluding carboxylic acids is 1. The van der Waals surface area contributed by atoms with Crippen molar-refractivity contribution in [3.05, 3.63) is 72.6 Å². The zero-order chi connectivity index (χ0) is 18.6. The standard InChI is InChI=1S/C20H19FO4/c1-12(2)19(22)24-16-8-5-14(6-9-16)15-7-10-18(17(21)11-15)25-20(23)13(3)4/h5-11,19,22H,1,3H2,2,4H3. The molecule has 5 heteroatoms. The molecule has 0 aromatic heterocycles. The maximum atomic E-state index is 14.1. The number of halogens is 1. The molecule has 0 bridgehead atoms. The van der Waals surface area contributed by atoms with Crippen molar-refractivity contribution >= 4 is 5.97 Å². The number of carbonyl (C=O) groups is 1. The fourth-order valence-corrected chi connectivity index (χ4v) is 1.91. The Kier molecular flexibility index (Phi) is 5.72. The average Bonchev–Trinajstić information content (AvgIpc) is 2.57. The molecule has 2 aromatic rings. The van der Waals surface area contributed by atoms with Gasteiger partial charge < -0.3 is 14.6 Å². The van der Waals surface area contributed by atoms with Gasteiger partial charge in [-0.2, -0.15) is 0 Å². The van der Waals surface area contributed by atoms with E-state index in [0.717, 1.165) is 5.56 Å². The lowest BCUT2D eigenvalue weighted by molar-refractivity contribution is -0.130. The van der Waals surface area contributed by atoms with Crippen molar-refractivity contribution in [2.24, 2.45) is 0 Å². The van der Waals surface area contributed by atoms with Gasteiger partial charge in [0, 0.05) is 5.57 Å². The van der Waals surface area contributed by atoms with Gasteiger partial charge in [-0.1, -0.05) is 31.4 Å². The lowest BCUT2D eigenvalue weighted by Crippen LogP contribution is -2.15. The van der Waals surface area contributed by atoms with Crippen LogP contribution in [0.4, 0.5) is 4.39 Å². The third kappa shape index (κ3) is 4.78. The van der Waals surface area contributed by atoms with Crippen LogP contribution < -0.4 is 9.47 Å². The second-order valence-corrected chi connectivity index (χ2v) is 5.66. The highest BCUT2D eigenvalue weighted by Crippen LogP contribution is 2.28. The number of hydrogen-bond acceptors (Lipinski definition) is 4. The van der Waals surface area contributed by atoms with E-state index in [9.17, 15) is 14.3 Å². The lowest BCUT2D eigenvalue weighted by atomic mass is 10.1. The Labute approximate surface area is 145 Å². The van der Waals surface area contributed by atoms with Gasteiger partial charge in [0.25, 0.3) is 0 Å². The van der Waals surface area contributed by atoms with Gasteiger partial charge in [0.15, 0.2) is 11.6 Å². The van der Waals surface area contributed by atoms with Gasteiger partial charge in [-0.05, 0) is 54.8 Å². The fraction of sp³-hybridized carbons (Fsp3) is 0.150. The number of ether oxygens (including phenoxy) is 2. The van der Waals surface area contributed by atoms with E-state index in [4.69, 9.17) is 9.47 Å². The van der Waals surface area contributed by atoms with E-state index in [-0.39, 0.29) is 11.3 Å². The molecule has 0 aliphatic heterocycles. The average molecular weight is 342 g/mol. The third-order valence-corrected chi connectivity index (χ3v) is 3.34. The molecule has 0 heterocycles. The van der Waals surface area contributed by atoms with E-state index in [1.807, 2.05) is 0 Å². The second-order valence-electron chi connectivity index (χ2n) is 5.66. The lowest BCUT2D eigenvalue weighted by Gasteiger charge is -2.13. The summed E-state index contributed by atoms with van der Waals surface area (Å²) in [6.45, 7) is 10.2. The van der Waals surface area contributed by atoms with Crippen molar-refractivity contribution in [1.82, 2.24) is 0 Å². The third-order valence-electron chi connectivity index (χ3n) is 3.34. The van der Waals surface area contributed by atoms with Crippen molar-refractivity contribution in [3.63, 3.8) is 0 Å². The summed E-state index contributed by atoms with van der Waals surface area (Å²) >= 11 is 0. The summed E-state index contributed by atoms with van der Waals surface area (Å²) in [7, 11) is 0. The van der Waals surface area contributed by atoms with Gasteiger partial charge in [0.05, 0.1) is 0 Å². The van der Waals surface area contributed by atoms with Crippen LogP contribution in [0, 0.1) is 5.82 Å². The number of benzene rings is 2. The van der Waals surface area contributed by atoms with E-state index in [1.54, 1.807) is 37.3 Å². The van der Waals surface area contributed by atoms with Crippen LogP contribution in [-0.4, -0.2) is 17.4 Å². The molecule has 4 nitrogen and oxygen atoms in total. The summed E-state index contributed by atoms with van der Waals surface area (Å²) in [6.07, 6.45) is -1.08. The van der Waals surface area contributed by atoms with Crippen LogP contribution in [0.1, 0.15) is 13.8 Å². The van der Waals surface area contributed by atoms with Crippen LogP contribution >= 0.6 is 0 Å². The molecule has 1 atom stereocenters. The van der Waals surface area contributed by atoms with Gasteiger partial charge >= 0.3 is 5.97 Å². The molecule has 0 spiro atoms. The van der Waals surface area contributed by atoms with Crippen molar-refractivity contribution in [2.75, 3.05) is 0 Å². The summed E-state index contributed by atoms with van der Waals surface area (Å²) < 4.78 is 24.3. The first-order chi connectivity index (χ1) is 11.8. The quantitative estimate of drug-likeness (QED) is 0.280. The molecule has 0 radical (unpaired) electrons. The molecule has 25 heavy (non-hydrogen) atoms. The first-order valence-corrected chi connectivity index (χ1v) is 7.55. The van der Waals surface area contributed by atoms with Crippen LogP contribution in [0.25, 0.3) is 11.1 Å². The highest BCUT2D eigenvalue weighted by molar-refractivity contribution is 5.88. The zero-order valence-corrected chi connectivity index (χ0v) is 14.1. The minimum absolute atomic E-state index is 0.152. The Morgan fingerprint density at radius 1 is 1.08 bits per heavy atom. The molecular weight excluding hydrogens is 323 g/mol. The Bertz CT molecular complexity index is 809.